The molecule has 0 aliphatic carbocycles. The monoisotopic (exact) mass is 310 g/mol. The summed E-state index contributed by atoms with van der Waals surface area (Å²) in [6, 6.07) is 6.59. The van der Waals surface area contributed by atoms with E-state index in [0.29, 0.717) is 24.6 Å². The largest absolute Gasteiger partial charge is 0.369 e. The van der Waals surface area contributed by atoms with E-state index in [0.717, 1.165) is 5.69 Å². The maximum atomic E-state index is 12.3. The molecule has 0 spiro atoms. The van der Waals surface area contributed by atoms with Crippen LogP contribution in [0.25, 0.3) is 0 Å². The van der Waals surface area contributed by atoms with Gasteiger partial charge in [0, 0.05) is 23.9 Å². The van der Waals surface area contributed by atoms with Crippen molar-refractivity contribution < 1.29 is 14.3 Å². The second kappa shape index (κ2) is 6.91. The lowest BCUT2D eigenvalue weighted by Crippen LogP contribution is -2.45. The highest BCUT2D eigenvalue weighted by Gasteiger charge is 2.34. The van der Waals surface area contributed by atoms with Crippen LogP contribution >= 0.6 is 11.6 Å². The van der Waals surface area contributed by atoms with Crippen molar-refractivity contribution in [3.05, 3.63) is 29.3 Å². The van der Waals surface area contributed by atoms with Gasteiger partial charge in [0.2, 0.25) is 11.8 Å². The molecular formula is C15H19ClN2O3. The van der Waals surface area contributed by atoms with Gasteiger partial charge < -0.3 is 15.0 Å². The summed E-state index contributed by atoms with van der Waals surface area (Å²) in [4.78, 5) is 25.9. The van der Waals surface area contributed by atoms with Gasteiger partial charge in [0.05, 0.1) is 0 Å². The molecule has 0 unspecified atom stereocenters. The maximum absolute atomic E-state index is 12.3. The summed E-state index contributed by atoms with van der Waals surface area (Å²) in [7, 11) is 0. The summed E-state index contributed by atoms with van der Waals surface area (Å²) in [5, 5.41) is 3.37. The molecule has 21 heavy (non-hydrogen) atoms. The van der Waals surface area contributed by atoms with Gasteiger partial charge >= 0.3 is 0 Å². The Morgan fingerprint density at radius 1 is 1.48 bits per heavy atom. The molecule has 2 atom stereocenters. The van der Waals surface area contributed by atoms with E-state index in [4.69, 9.17) is 16.3 Å². The second-order valence-corrected chi connectivity index (χ2v) is 5.35. The first kappa shape index (κ1) is 15.8. The van der Waals surface area contributed by atoms with E-state index in [1.807, 2.05) is 6.92 Å². The van der Waals surface area contributed by atoms with Crippen molar-refractivity contribution in [3.63, 3.8) is 0 Å². The van der Waals surface area contributed by atoms with Crippen LogP contribution in [0.4, 0.5) is 5.69 Å². The Bertz CT molecular complexity index is 518. The van der Waals surface area contributed by atoms with Crippen molar-refractivity contribution >= 4 is 29.1 Å². The van der Waals surface area contributed by atoms with Crippen molar-refractivity contribution in [2.45, 2.75) is 32.4 Å². The normalized spacial score (nSPS) is 19.7. The molecule has 2 rings (SSSR count). The van der Waals surface area contributed by atoms with Crippen LogP contribution in [-0.2, 0) is 14.3 Å². The van der Waals surface area contributed by atoms with Crippen LogP contribution in [0.5, 0.6) is 0 Å². The summed E-state index contributed by atoms with van der Waals surface area (Å²) < 4.78 is 5.22. The van der Waals surface area contributed by atoms with E-state index in [1.165, 1.54) is 0 Å². The molecule has 2 amide bonds. The first-order valence-electron chi connectivity index (χ1n) is 7.02. The van der Waals surface area contributed by atoms with Crippen LogP contribution in [0.15, 0.2) is 24.3 Å². The number of benzene rings is 1. The Morgan fingerprint density at radius 2 is 2.14 bits per heavy atom. The van der Waals surface area contributed by atoms with Crippen molar-refractivity contribution in [1.82, 2.24) is 5.32 Å². The highest BCUT2D eigenvalue weighted by molar-refractivity contribution is 6.30. The summed E-state index contributed by atoms with van der Waals surface area (Å²) in [6.45, 7) is 4.54. The number of hydrogen-bond acceptors (Lipinski definition) is 3. The van der Waals surface area contributed by atoms with E-state index >= 15 is 0 Å². The van der Waals surface area contributed by atoms with E-state index in [1.54, 1.807) is 36.1 Å². The maximum Gasteiger partial charge on any atom is 0.249 e. The fourth-order valence-corrected chi connectivity index (χ4v) is 2.43. The van der Waals surface area contributed by atoms with Gasteiger partial charge in [0.15, 0.2) is 0 Å². The highest BCUT2D eigenvalue weighted by atomic mass is 35.5. The number of anilines is 1. The molecule has 1 saturated heterocycles. The molecule has 6 heteroatoms. The highest BCUT2D eigenvalue weighted by Crippen LogP contribution is 2.23. The van der Waals surface area contributed by atoms with E-state index in [2.05, 4.69) is 5.32 Å². The zero-order valence-electron chi connectivity index (χ0n) is 12.1. The predicted octanol–water partition coefficient (Wildman–Crippen LogP) is 1.99. The van der Waals surface area contributed by atoms with Crippen LogP contribution in [0, 0.1) is 0 Å². The predicted molar refractivity (Wildman–Crippen MR) is 81.4 cm³/mol. The average Bonchev–Trinajstić information content (AvgIpc) is 2.81. The lowest BCUT2D eigenvalue weighted by molar-refractivity contribution is -0.134. The lowest BCUT2D eigenvalue weighted by Gasteiger charge is -2.18. The minimum Gasteiger partial charge on any atom is -0.369 e. The van der Waals surface area contributed by atoms with Gasteiger partial charge in [-0.15, -0.1) is 0 Å². The molecule has 5 nitrogen and oxygen atoms in total. The van der Waals surface area contributed by atoms with Crippen LogP contribution in [0.2, 0.25) is 5.02 Å². The minimum absolute atomic E-state index is 0.102. The van der Waals surface area contributed by atoms with Crippen molar-refractivity contribution in [2.24, 2.45) is 0 Å². The third-order valence-corrected chi connectivity index (χ3v) is 3.70. The molecule has 1 N–H and O–H groups in total. The van der Waals surface area contributed by atoms with E-state index in [9.17, 15) is 9.59 Å². The first-order chi connectivity index (χ1) is 10.0. The molecule has 1 aromatic carbocycles. The number of amides is 2. The van der Waals surface area contributed by atoms with Gasteiger partial charge in [-0.05, 0) is 44.5 Å². The molecule has 1 aromatic rings. The zero-order chi connectivity index (χ0) is 15.4. The second-order valence-electron chi connectivity index (χ2n) is 4.91. The molecule has 1 aliphatic rings. The van der Waals surface area contributed by atoms with Gasteiger partial charge in [0.1, 0.15) is 12.1 Å². The van der Waals surface area contributed by atoms with Crippen LogP contribution < -0.4 is 10.2 Å². The Balaban J connectivity index is 1.98. The fourth-order valence-electron chi connectivity index (χ4n) is 2.31. The summed E-state index contributed by atoms with van der Waals surface area (Å²) in [5.74, 6) is -0.359. The van der Waals surface area contributed by atoms with Crippen molar-refractivity contribution in [1.29, 1.82) is 0 Å². The SMILES string of the molecule is CCO[C@H](C)C(=O)N[C@H]1CCN(c2ccc(Cl)cc2)C1=O. The first-order valence-corrected chi connectivity index (χ1v) is 7.39. The fraction of sp³-hybridized carbons (Fsp3) is 0.467. The number of carbonyl (C=O) groups is 2. The molecule has 1 aliphatic heterocycles. The van der Waals surface area contributed by atoms with E-state index < -0.39 is 12.1 Å². The van der Waals surface area contributed by atoms with Crippen molar-refractivity contribution in [2.75, 3.05) is 18.1 Å². The molecule has 0 bridgehead atoms. The number of ether oxygens (including phenoxy) is 1. The average molecular weight is 311 g/mol. The number of rotatable bonds is 5. The molecule has 1 fully saturated rings. The summed E-state index contributed by atoms with van der Waals surface area (Å²) >= 11 is 5.84. The summed E-state index contributed by atoms with van der Waals surface area (Å²) in [6.07, 6.45) is 0.0406. The van der Waals surface area contributed by atoms with Gasteiger partial charge in [-0.1, -0.05) is 11.6 Å². The van der Waals surface area contributed by atoms with Gasteiger partial charge in [-0.25, -0.2) is 0 Å². The van der Waals surface area contributed by atoms with Gasteiger partial charge in [-0.2, -0.15) is 0 Å². The molecule has 0 aromatic heterocycles. The number of nitrogens with one attached hydrogen (secondary N) is 1. The van der Waals surface area contributed by atoms with E-state index in [-0.39, 0.29) is 11.8 Å². The lowest BCUT2D eigenvalue weighted by atomic mass is 10.2. The Kier molecular flexibility index (Phi) is 5.20. The molecule has 1 heterocycles. The third kappa shape index (κ3) is 3.74. The Morgan fingerprint density at radius 3 is 2.76 bits per heavy atom. The topological polar surface area (TPSA) is 58.6 Å². The molecule has 0 saturated carbocycles. The zero-order valence-corrected chi connectivity index (χ0v) is 12.9. The smallest absolute Gasteiger partial charge is 0.249 e. The quantitative estimate of drug-likeness (QED) is 0.905. The minimum atomic E-state index is -0.549. The number of nitrogens with zero attached hydrogens (tertiary/aromatic N) is 1. The Hall–Kier alpha value is -1.59. The summed E-state index contributed by atoms with van der Waals surface area (Å²) in [5.41, 5.74) is 0.791. The van der Waals surface area contributed by atoms with Crippen molar-refractivity contribution in [3.8, 4) is 0 Å². The molecule has 114 valence electrons. The molecular weight excluding hydrogens is 292 g/mol. The standard InChI is InChI=1S/C15H19ClN2O3/c1-3-21-10(2)14(19)17-13-8-9-18(15(13)20)12-6-4-11(16)5-7-12/h4-7,10,13H,3,8-9H2,1-2H3,(H,17,19)/t10-,13+/m1/s1. The van der Waals surface area contributed by atoms with Crippen LogP contribution in [0.1, 0.15) is 20.3 Å². The van der Waals surface area contributed by atoms with Crippen LogP contribution in [-0.4, -0.2) is 37.1 Å². The number of hydrogen-bond donors (Lipinski definition) is 1. The number of carbonyl (C=O) groups excluding carboxylic acids is 2. The van der Waals surface area contributed by atoms with Crippen LogP contribution in [0.3, 0.4) is 0 Å². The van der Waals surface area contributed by atoms with Gasteiger partial charge in [0.25, 0.3) is 0 Å². The molecule has 0 radical (unpaired) electrons. The van der Waals surface area contributed by atoms with Gasteiger partial charge in [-0.3, -0.25) is 9.59 Å². The third-order valence-electron chi connectivity index (χ3n) is 3.45. The Labute approximate surface area is 129 Å². The number of halogens is 1.